The number of alkyl halides is 4. The first kappa shape index (κ1) is 15.2. The van der Waals surface area contributed by atoms with Gasteiger partial charge in [0.25, 0.3) is 0 Å². The second-order valence-electron chi connectivity index (χ2n) is 3.79. The molecule has 0 bridgehead atoms. The quantitative estimate of drug-likeness (QED) is 0.591. The Morgan fingerprint density at radius 2 is 1.61 bits per heavy atom. The minimum absolute atomic E-state index is 0.00782. The van der Waals surface area contributed by atoms with Crippen LogP contribution in [0, 0.1) is 11.6 Å². The summed E-state index contributed by atoms with van der Waals surface area (Å²) in [6.07, 6.45) is -4.38. The molecular weight excluding hydrogens is 277 g/mol. The predicted octanol–water partition coefficient (Wildman–Crippen LogP) is 3.57. The molecule has 1 aromatic rings. The van der Waals surface area contributed by atoms with E-state index < -0.39 is 24.4 Å². The van der Waals surface area contributed by atoms with Crippen molar-refractivity contribution in [3.63, 3.8) is 0 Å². The summed E-state index contributed by atoms with van der Waals surface area (Å²) in [7, 11) is 0. The molecule has 0 radical (unpaired) electrons. The Hall–Kier alpha value is -0.880. The molecule has 0 fully saturated rings. The van der Waals surface area contributed by atoms with Crippen LogP contribution in [-0.2, 0) is 6.54 Å². The van der Waals surface area contributed by atoms with E-state index in [1.54, 1.807) is 0 Å². The van der Waals surface area contributed by atoms with Crippen LogP contribution in [0.4, 0.5) is 22.0 Å². The molecule has 0 amide bonds. The molecule has 0 unspecified atom stereocenters. The molecule has 1 nitrogen and oxygen atoms in total. The molecule has 0 saturated heterocycles. The molecule has 0 aliphatic rings. The lowest BCUT2D eigenvalue weighted by molar-refractivity contribution is -0.146. The van der Waals surface area contributed by atoms with Gasteiger partial charge in [-0.05, 0) is 17.7 Å². The van der Waals surface area contributed by atoms with E-state index in [1.165, 1.54) is 0 Å². The highest BCUT2D eigenvalue weighted by molar-refractivity contribution is 6.18. The molecule has 1 aromatic carbocycles. The van der Waals surface area contributed by atoms with Crippen molar-refractivity contribution in [2.75, 3.05) is 19.0 Å². The fourth-order valence-electron chi connectivity index (χ4n) is 1.55. The maximum absolute atomic E-state index is 12.9. The second kappa shape index (κ2) is 6.33. The minimum Gasteiger partial charge on any atom is -0.290 e. The molecule has 0 aliphatic carbocycles. The van der Waals surface area contributed by atoms with Crippen LogP contribution >= 0.6 is 11.6 Å². The van der Waals surface area contributed by atoms with Gasteiger partial charge in [-0.3, -0.25) is 4.90 Å². The zero-order valence-corrected chi connectivity index (χ0v) is 10.0. The highest BCUT2D eigenvalue weighted by atomic mass is 35.5. The number of rotatable bonds is 5. The van der Waals surface area contributed by atoms with E-state index in [-0.39, 0.29) is 24.5 Å². The molecule has 0 saturated carbocycles. The second-order valence-corrected chi connectivity index (χ2v) is 4.17. The summed E-state index contributed by atoms with van der Waals surface area (Å²) >= 11 is 5.40. The summed E-state index contributed by atoms with van der Waals surface area (Å²) in [5.74, 6) is -1.63. The lowest BCUT2D eigenvalue weighted by Crippen LogP contribution is -2.35. The Labute approximate surface area is 106 Å². The Morgan fingerprint density at radius 1 is 1.06 bits per heavy atom. The van der Waals surface area contributed by atoms with E-state index in [9.17, 15) is 22.0 Å². The maximum Gasteiger partial charge on any atom is 0.401 e. The lowest BCUT2D eigenvalue weighted by atomic mass is 10.2. The average molecular weight is 288 g/mol. The SMILES string of the molecule is Fc1cc(F)cc(CN(CCCl)CC(F)(F)F)c1. The molecule has 0 atom stereocenters. The largest absolute Gasteiger partial charge is 0.401 e. The van der Waals surface area contributed by atoms with E-state index >= 15 is 0 Å². The normalized spacial score (nSPS) is 12.2. The van der Waals surface area contributed by atoms with Crippen LogP contribution in [0.5, 0.6) is 0 Å². The summed E-state index contributed by atoms with van der Waals surface area (Å²) in [4.78, 5) is 0.987. The Bertz CT molecular complexity index is 373. The standard InChI is InChI=1S/C11H11ClF5N/c12-1-2-18(7-11(15,16)17)6-8-3-9(13)5-10(14)4-8/h3-5H,1-2,6-7H2. The van der Waals surface area contributed by atoms with Crippen LogP contribution in [0.1, 0.15) is 5.56 Å². The highest BCUT2D eigenvalue weighted by Crippen LogP contribution is 2.18. The summed E-state index contributed by atoms with van der Waals surface area (Å²) in [6.45, 7) is -1.39. The lowest BCUT2D eigenvalue weighted by Gasteiger charge is -2.22. The van der Waals surface area contributed by atoms with E-state index in [0.717, 1.165) is 17.0 Å². The van der Waals surface area contributed by atoms with Gasteiger partial charge in [-0.15, -0.1) is 11.6 Å². The van der Waals surface area contributed by atoms with Crippen LogP contribution in [0.3, 0.4) is 0 Å². The number of nitrogens with zero attached hydrogens (tertiary/aromatic N) is 1. The van der Waals surface area contributed by atoms with E-state index in [2.05, 4.69) is 0 Å². The minimum atomic E-state index is -4.38. The van der Waals surface area contributed by atoms with Gasteiger partial charge in [-0.2, -0.15) is 13.2 Å². The van der Waals surface area contributed by atoms with Gasteiger partial charge in [0.2, 0.25) is 0 Å². The monoisotopic (exact) mass is 287 g/mol. The maximum atomic E-state index is 12.9. The third kappa shape index (κ3) is 5.64. The summed E-state index contributed by atoms with van der Waals surface area (Å²) in [5, 5.41) is 0. The van der Waals surface area contributed by atoms with Gasteiger partial charge in [0.05, 0.1) is 6.54 Å². The summed E-state index contributed by atoms with van der Waals surface area (Å²) in [5.41, 5.74) is 0.141. The van der Waals surface area contributed by atoms with Gasteiger partial charge in [0.1, 0.15) is 11.6 Å². The van der Waals surface area contributed by atoms with Gasteiger partial charge in [-0.1, -0.05) is 0 Å². The van der Waals surface area contributed by atoms with Crippen molar-refractivity contribution in [2.45, 2.75) is 12.7 Å². The van der Waals surface area contributed by atoms with Crippen molar-refractivity contribution in [1.29, 1.82) is 0 Å². The third-order valence-corrected chi connectivity index (χ3v) is 2.30. The van der Waals surface area contributed by atoms with Gasteiger partial charge >= 0.3 is 6.18 Å². The number of benzene rings is 1. The van der Waals surface area contributed by atoms with Crippen LogP contribution in [0.15, 0.2) is 18.2 Å². The van der Waals surface area contributed by atoms with E-state index in [0.29, 0.717) is 6.07 Å². The molecule has 1 rings (SSSR count). The summed E-state index contributed by atoms with van der Waals surface area (Å²) in [6, 6.07) is 2.67. The zero-order chi connectivity index (χ0) is 13.8. The van der Waals surface area contributed by atoms with E-state index in [1.807, 2.05) is 0 Å². The molecule has 0 heterocycles. The van der Waals surface area contributed by atoms with Crippen molar-refractivity contribution < 1.29 is 22.0 Å². The van der Waals surface area contributed by atoms with E-state index in [4.69, 9.17) is 11.6 Å². The van der Waals surface area contributed by atoms with Gasteiger partial charge in [0.15, 0.2) is 0 Å². The first-order valence-electron chi connectivity index (χ1n) is 5.10. The predicted molar refractivity (Wildman–Crippen MR) is 58.4 cm³/mol. The smallest absolute Gasteiger partial charge is 0.290 e. The molecule has 0 aliphatic heterocycles. The molecule has 18 heavy (non-hydrogen) atoms. The first-order valence-corrected chi connectivity index (χ1v) is 5.63. The topological polar surface area (TPSA) is 3.24 Å². The Morgan fingerprint density at radius 3 is 2.06 bits per heavy atom. The van der Waals surface area contributed by atoms with Crippen LogP contribution in [0.2, 0.25) is 0 Å². The van der Waals surface area contributed by atoms with Crippen molar-refractivity contribution in [2.24, 2.45) is 0 Å². The van der Waals surface area contributed by atoms with Crippen LogP contribution in [0.25, 0.3) is 0 Å². The number of hydrogen-bond donors (Lipinski definition) is 0. The molecular formula is C11H11ClF5N. The number of hydrogen-bond acceptors (Lipinski definition) is 1. The average Bonchev–Trinajstić information content (AvgIpc) is 2.12. The summed E-state index contributed by atoms with van der Waals surface area (Å²) < 4.78 is 62.6. The fraction of sp³-hybridized carbons (Fsp3) is 0.455. The third-order valence-electron chi connectivity index (χ3n) is 2.13. The van der Waals surface area contributed by atoms with Gasteiger partial charge in [-0.25, -0.2) is 8.78 Å². The van der Waals surface area contributed by atoms with Gasteiger partial charge < -0.3 is 0 Å². The van der Waals surface area contributed by atoms with Crippen LogP contribution < -0.4 is 0 Å². The van der Waals surface area contributed by atoms with Crippen LogP contribution in [-0.4, -0.2) is 30.0 Å². The van der Waals surface area contributed by atoms with Crippen molar-refractivity contribution in [3.8, 4) is 0 Å². The highest BCUT2D eigenvalue weighted by Gasteiger charge is 2.30. The molecule has 0 N–H and O–H groups in total. The fourth-order valence-corrected chi connectivity index (χ4v) is 1.79. The van der Waals surface area contributed by atoms with Gasteiger partial charge in [0, 0.05) is 25.0 Å². The molecule has 0 spiro atoms. The Kier molecular flexibility index (Phi) is 5.34. The number of halogens is 6. The first-order chi connectivity index (χ1) is 8.30. The molecule has 0 aromatic heterocycles. The van der Waals surface area contributed by atoms with Crippen molar-refractivity contribution in [3.05, 3.63) is 35.4 Å². The zero-order valence-electron chi connectivity index (χ0n) is 9.28. The Balaban J connectivity index is 2.76. The molecule has 7 heteroatoms. The van der Waals surface area contributed by atoms with Crippen molar-refractivity contribution in [1.82, 2.24) is 4.90 Å². The molecule has 102 valence electrons. The van der Waals surface area contributed by atoms with Crippen molar-refractivity contribution >= 4 is 11.6 Å².